The summed E-state index contributed by atoms with van der Waals surface area (Å²) < 4.78 is 5.34. The quantitative estimate of drug-likeness (QED) is 0.846. The van der Waals surface area contributed by atoms with E-state index in [-0.39, 0.29) is 30.4 Å². The number of amides is 2. The molecule has 0 aromatic heterocycles. The lowest BCUT2D eigenvalue weighted by Gasteiger charge is -2.32. The molecule has 1 heterocycles. The molecule has 22 heavy (non-hydrogen) atoms. The van der Waals surface area contributed by atoms with Crippen molar-refractivity contribution < 1.29 is 14.3 Å². The molecule has 2 rings (SSSR count). The van der Waals surface area contributed by atoms with Crippen LogP contribution in [0.25, 0.3) is 0 Å². The van der Waals surface area contributed by atoms with Gasteiger partial charge in [0.2, 0.25) is 5.91 Å². The fraction of sp³-hybridized carbons (Fsp3) is 0.500. The minimum atomic E-state index is -0.294. The topological polar surface area (TPSA) is 58.6 Å². The van der Waals surface area contributed by atoms with E-state index in [2.05, 4.69) is 5.32 Å². The third-order valence-corrected chi connectivity index (χ3v) is 3.93. The highest BCUT2D eigenvalue weighted by atomic mass is 35.5. The molecule has 0 radical (unpaired) electrons. The van der Waals surface area contributed by atoms with Crippen molar-refractivity contribution in [1.29, 1.82) is 0 Å². The van der Waals surface area contributed by atoms with Crippen molar-refractivity contribution in [2.45, 2.75) is 19.4 Å². The summed E-state index contributed by atoms with van der Waals surface area (Å²) >= 11 is 5.45. The Labute approximate surface area is 135 Å². The minimum absolute atomic E-state index is 0.0322. The second-order valence-electron chi connectivity index (χ2n) is 5.43. The lowest BCUT2D eigenvalue weighted by atomic mass is 9.98. The number of carbonyl (C=O) groups is 2. The zero-order chi connectivity index (χ0) is 15.8. The molecule has 1 aromatic carbocycles. The van der Waals surface area contributed by atoms with Gasteiger partial charge in [0.25, 0.3) is 0 Å². The van der Waals surface area contributed by atoms with Crippen molar-refractivity contribution in [3.63, 3.8) is 0 Å². The van der Waals surface area contributed by atoms with Crippen molar-refractivity contribution >= 4 is 23.6 Å². The second kappa shape index (κ2) is 8.63. The number of alkyl halides is 1. The van der Waals surface area contributed by atoms with Gasteiger partial charge in [0.15, 0.2) is 0 Å². The minimum Gasteiger partial charge on any atom is -0.445 e. The fourth-order valence-electron chi connectivity index (χ4n) is 2.51. The summed E-state index contributed by atoms with van der Waals surface area (Å²) in [5, 5.41) is 2.77. The Morgan fingerprint density at radius 2 is 2.09 bits per heavy atom. The molecule has 0 aliphatic carbocycles. The molecule has 1 atom stereocenters. The maximum atomic E-state index is 12.1. The Bertz CT molecular complexity index is 495. The van der Waals surface area contributed by atoms with Crippen LogP contribution in [0.1, 0.15) is 18.4 Å². The number of hydrogen-bond donors (Lipinski definition) is 1. The van der Waals surface area contributed by atoms with E-state index in [1.165, 1.54) is 0 Å². The van der Waals surface area contributed by atoms with E-state index in [9.17, 15) is 9.59 Å². The van der Waals surface area contributed by atoms with Crippen molar-refractivity contribution in [3.05, 3.63) is 35.9 Å². The summed E-state index contributed by atoms with van der Waals surface area (Å²) in [5.74, 6) is 0.0471. The summed E-state index contributed by atoms with van der Waals surface area (Å²) in [6.45, 7) is 2.14. The fourth-order valence-corrected chi connectivity index (χ4v) is 2.61. The molecule has 1 N–H and O–H groups in total. The number of nitrogens with one attached hydrogen (secondary N) is 1. The molecular weight excluding hydrogens is 304 g/mol. The van der Waals surface area contributed by atoms with E-state index in [0.29, 0.717) is 19.6 Å². The normalized spacial score (nSPS) is 17.9. The van der Waals surface area contributed by atoms with E-state index >= 15 is 0 Å². The van der Waals surface area contributed by atoms with Crippen molar-refractivity contribution in [3.8, 4) is 0 Å². The molecule has 1 saturated heterocycles. The predicted molar refractivity (Wildman–Crippen MR) is 84.7 cm³/mol. The highest BCUT2D eigenvalue weighted by Gasteiger charge is 2.24. The van der Waals surface area contributed by atoms with E-state index < -0.39 is 0 Å². The van der Waals surface area contributed by atoms with Crippen LogP contribution in [-0.4, -0.2) is 42.4 Å². The van der Waals surface area contributed by atoms with E-state index in [4.69, 9.17) is 16.3 Å². The van der Waals surface area contributed by atoms with Crippen LogP contribution in [0.15, 0.2) is 30.3 Å². The molecule has 1 unspecified atom stereocenters. The first-order chi connectivity index (χ1) is 10.7. The Morgan fingerprint density at radius 3 is 2.82 bits per heavy atom. The molecule has 6 heteroatoms. The maximum Gasteiger partial charge on any atom is 0.410 e. The van der Waals surface area contributed by atoms with Gasteiger partial charge in [-0.2, -0.15) is 0 Å². The van der Waals surface area contributed by atoms with Crippen LogP contribution in [-0.2, 0) is 16.1 Å². The van der Waals surface area contributed by atoms with Gasteiger partial charge in [-0.25, -0.2) is 4.79 Å². The molecule has 1 aliphatic rings. The maximum absolute atomic E-state index is 12.1. The number of halogens is 1. The summed E-state index contributed by atoms with van der Waals surface area (Å²) in [6.07, 6.45) is 1.62. The third-order valence-electron chi connectivity index (χ3n) is 3.69. The summed E-state index contributed by atoms with van der Waals surface area (Å²) in [4.78, 5) is 25.0. The van der Waals surface area contributed by atoms with Gasteiger partial charge in [0.1, 0.15) is 12.5 Å². The first-order valence-corrected chi connectivity index (χ1v) is 8.00. The van der Waals surface area contributed by atoms with Crippen LogP contribution in [0.5, 0.6) is 0 Å². The highest BCUT2D eigenvalue weighted by Crippen LogP contribution is 2.17. The van der Waals surface area contributed by atoms with Crippen LogP contribution in [0.4, 0.5) is 4.79 Å². The van der Waals surface area contributed by atoms with Crippen LogP contribution in [0, 0.1) is 5.92 Å². The molecule has 0 spiro atoms. The van der Waals surface area contributed by atoms with Gasteiger partial charge in [0.05, 0.1) is 0 Å². The molecule has 120 valence electrons. The number of ether oxygens (including phenoxy) is 1. The lowest BCUT2D eigenvalue weighted by molar-refractivity contribution is -0.118. The van der Waals surface area contributed by atoms with Crippen LogP contribution in [0.2, 0.25) is 0 Å². The number of likely N-dealkylation sites (tertiary alicyclic amines) is 1. The summed E-state index contributed by atoms with van der Waals surface area (Å²) in [6, 6.07) is 9.61. The van der Waals surface area contributed by atoms with Crippen LogP contribution < -0.4 is 5.32 Å². The third kappa shape index (κ3) is 5.22. The second-order valence-corrected chi connectivity index (χ2v) is 5.70. The van der Waals surface area contributed by atoms with Crippen LogP contribution >= 0.6 is 11.6 Å². The van der Waals surface area contributed by atoms with Gasteiger partial charge in [0, 0.05) is 19.6 Å². The summed E-state index contributed by atoms with van der Waals surface area (Å²) in [7, 11) is 0. The molecule has 0 saturated carbocycles. The zero-order valence-electron chi connectivity index (χ0n) is 12.5. The van der Waals surface area contributed by atoms with Gasteiger partial charge < -0.3 is 15.0 Å². The Balaban J connectivity index is 1.76. The first-order valence-electron chi connectivity index (χ1n) is 7.47. The van der Waals surface area contributed by atoms with Gasteiger partial charge in [-0.05, 0) is 24.3 Å². The molecule has 1 aromatic rings. The Hall–Kier alpha value is -1.75. The number of piperidine rings is 1. The SMILES string of the molecule is O=C(CCl)NCC1CCCN(C(=O)OCc2ccccc2)C1. The van der Waals surface area contributed by atoms with Gasteiger partial charge in [-0.1, -0.05) is 30.3 Å². The van der Waals surface area contributed by atoms with Crippen molar-refractivity contribution in [2.75, 3.05) is 25.5 Å². The molecule has 0 bridgehead atoms. The molecular formula is C16H21ClN2O3. The monoisotopic (exact) mass is 324 g/mol. The predicted octanol–water partition coefficient (Wildman–Crippen LogP) is 2.39. The lowest BCUT2D eigenvalue weighted by Crippen LogP contribution is -2.44. The molecule has 1 fully saturated rings. The van der Waals surface area contributed by atoms with Gasteiger partial charge >= 0.3 is 6.09 Å². The Morgan fingerprint density at radius 1 is 1.32 bits per heavy atom. The van der Waals surface area contributed by atoms with Crippen LogP contribution in [0.3, 0.4) is 0 Å². The van der Waals surface area contributed by atoms with E-state index in [1.807, 2.05) is 30.3 Å². The smallest absolute Gasteiger partial charge is 0.410 e. The molecule has 1 aliphatic heterocycles. The number of benzene rings is 1. The van der Waals surface area contributed by atoms with Crippen molar-refractivity contribution in [1.82, 2.24) is 10.2 Å². The first kappa shape index (κ1) is 16.6. The van der Waals surface area contributed by atoms with E-state index in [1.54, 1.807) is 4.90 Å². The Kier molecular flexibility index (Phi) is 6.52. The van der Waals surface area contributed by atoms with Gasteiger partial charge in [-0.3, -0.25) is 4.79 Å². The summed E-state index contributed by atoms with van der Waals surface area (Å²) in [5.41, 5.74) is 0.971. The number of hydrogen-bond acceptors (Lipinski definition) is 3. The molecule has 5 nitrogen and oxygen atoms in total. The largest absolute Gasteiger partial charge is 0.445 e. The standard InChI is InChI=1S/C16H21ClN2O3/c17-9-15(20)18-10-14-7-4-8-19(11-14)16(21)22-12-13-5-2-1-3-6-13/h1-3,5-6,14H,4,7-12H2,(H,18,20). The highest BCUT2D eigenvalue weighted by molar-refractivity contribution is 6.27. The molecule has 2 amide bonds. The number of nitrogens with zero attached hydrogens (tertiary/aromatic N) is 1. The average molecular weight is 325 g/mol. The van der Waals surface area contributed by atoms with Crippen molar-refractivity contribution in [2.24, 2.45) is 5.92 Å². The van der Waals surface area contributed by atoms with E-state index in [0.717, 1.165) is 18.4 Å². The zero-order valence-corrected chi connectivity index (χ0v) is 13.2. The van der Waals surface area contributed by atoms with Gasteiger partial charge in [-0.15, -0.1) is 11.6 Å². The number of carbonyl (C=O) groups excluding carboxylic acids is 2. The average Bonchev–Trinajstić information content (AvgIpc) is 2.58. The number of rotatable bonds is 5.